The van der Waals surface area contributed by atoms with E-state index in [0.29, 0.717) is 5.41 Å². The van der Waals surface area contributed by atoms with Crippen molar-refractivity contribution in [1.82, 2.24) is 5.32 Å². The maximum atomic E-state index is 5.35. The number of nitrogens with one attached hydrogen (secondary N) is 1. The molecule has 0 spiro atoms. The third-order valence-corrected chi connectivity index (χ3v) is 3.51. The van der Waals surface area contributed by atoms with Crippen molar-refractivity contribution >= 4 is 0 Å². The number of hydrogen-bond donors (Lipinski definition) is 1. The van der Waals surface area contributed by atoms with Gasteiger partial charge in [0, 0.05) is 19.3 Å². The molecule has 0 aromatic carbocycles. The molecule has 1 aliphatic heterocycles. The van der Waals surface area contributed by atoms with Gasteiger partial charge in [0.05, 0.1) is 0 Å². The normalized spacial score (nSPS) is 18.5. The molecule has 2 nitrogen and oxygen atoms in total. The standard InChI is InChI=1S/C15H31NO/c1-15(2,3)10-6-4-5-7-11-16-14-8-12-17-13-9-14/h14,16H,4-13H2,1-3H3. The number of ether oxygens (including phenoxy) is 1. The van der Waals surface area contributed by atoms with Gasteiger partial charge in [0.25, 0.3) is 0 Å². The topological polar surface area (TPSA) is 21.3 Å². The van der Waals surface area contributed by atoms with E-state index in [-0.39, 0.29) is 0 Å². The minimum absolute atomic E-state index is 0.514. The van der Waals surface area contributed by atoms with Crippen molar-refractivity contribution in [2.24, 2.45) is 5.41 Å². The Kier molecular flexibility index (Phi) is 7.14. The second-order valence-corrected chi connectivity index (χ2v) is 6.57. The van der Waals surface area contributed by atoms with Gasteiger partial charge in [-0.25, -0.2) is 0 Å². The van der Waals surface area contributed by atoms with Crippen LogP contribution < -0.4 is 5.32 Å². The Labute approximate surface area is 108 Å². The van der Waals surface area contributed by atoms with Gasteiger partial charge >= 0.3 is 0 Å². The lowest BCUT2D eigenvalue weighted by molar-refractivity contribution is 0.0780. The van der Waals surface area contributed by atoms with Crippen molar-refractivity contribution in [3.8, 4) is 0 Å². The highest BCUT2D eigenvalue weighted by Gasteiger charge is 2.12. The van der Waals surface area contributed by atoms with E-state index in [1.807, 2.05) is 0 Å². The zero-order valence-corrected chi connectivity index (χ0v) is 12.1. The first kappa shape index (κ1) is 15.0. The van der Waals surface area contributed by atoms with E-state index in [1.165, 1.54) is 51.5 Å². The zero-order valence-electron chi connectivity index (χ0n) is 12.1. The van der Waals surface area contributed by atoms with Gasteiger partial charge in [-0.05, 0) is 37.6 Å². The van der Waals surface area contributed by atoms with Gasteiger partial charge in [0.1, 0.15) is 0 Å². The summed E-state index contributed by atoms with van der Waals surface area (Å²) in [5.41, 5.74) is 0.514. The molecule has 0 unspecified atom stereocenters. The van der Waals surface area contributed by atoms with E-state index >= 15 is 0 Å². The van der Waals surface area contributed by atoms with Crippen LogP contribution in [0, 0.1) is 5.41 Å². The molecule has 1 rings (SSSR count). The molecule has 1 aliphatic rings. The summed E-state index contributed by atoms with van der Waals surface area (Å²) in [5.74, 6) is 0. The van der Waals surface area contributed by atoms with Crippen LogP contribution in [0.15, 0.2) is 0 Å². The van der Waals surface area contributed by atoms with Crippen molar-refractivity contribution in [3.63, 3.8) is 0 Å². The summed E-state index contributed by atoms with van der Waals surface area (Å²) in [6, 6.07) is 0.721. The van der Waals surface area contributed by atoms with E-state index in [1.54, 1.807) is 0 Å². The number of unbranched alkanes of at least 4 members (excludes halogenated alkanes) is 3. The molecule has 1 fully saturated rings. The van der Waals surface area contributed by atoms with E-state index in [9.17, 15) is 0 Å². The first-order chi connectivity index (χ1) is 8.08. The zero-order chi connectivity index (χ0) is 12.6. The van der Waals surface area contributed by atoms with Gasteiger partial charge in [-0.15, -0.1) is 0 Å². The average Bonchev–Trinajstić information content (AvgIpc) is 2.28. The maximum Gasteiger partial charge on any atom is 0.0480 e. The van der Waals surface area contributed by atoms with Gasteiger partial charge in [-0.1, -0.05) is 40.0 Å². The summed E-state index contributed by atoms with van der Waals surface area (Å²) in [6.07, 6.45) is 9.26. The summed E-state index contributed by atoms with van der Waals surface area (Å²) in [4.78, 5) is 0. The fraction of sp³-hybridized carbons (Fsp3) is 1.00. The molecular weight excluding hydrogens is 210 g/mol. The number of hydrogen-bond acceptors (Lipinski definition) is 2. The van der Waals surface area contributed by atoms with Crippen molar-refractivity contribution in [2.45, 2.75) is 71.8 Å². The van der Waals surface area contributed by atoms with E-state index in [2.05, 4.69) is 26.1 Å². The van der Waals surface area contributed by atoms with Crippen LogP contribution in [0.4, 0.5) is 0 Å². The molecule has 2 heteroatoms. The van der Waals surface area contributed by atoms with Crippen LogP contribution in [0.5, 0.6) is 0 Å². The Balaban J connectivity index is 1.84. The summed E-state index contributed by atoms with van der Waals surface area (Å²) >= 11 is 0. The quantitative estimate of drug-likeness (QED) is 0.685. The Morgan fingerprint density at radius 3 is 2.29 bits per heavy atom. The minimum Gasteiger partial charge on any atom is -0.381 e. The lowest BCUT2D eigenvalue weighted by Gasteiger charge is -2.23. The molecular formula is C15H31NO. The van der Waals surface area contributed by atoms with E-state index in [0.717, 1.165) is 19.3 Å². The first-order valence-corrected chi connectivity index (χ1v) is 7.39. The van der Waals surface area contributed by atoms with Crippen LogP contribution in [0.2, 0.25) is 0 Å². The van der Waals surface area contributed by atoms with Crippen LogP contribution in [-0.2, 0) is 4.74 Å². The fourth-order valence-electron chi connectivity index (χ4n) is 2.34. The van der Waals surface area contributed by atoms with Gasteiger partial charge in [0.15, 0.2) is 0 Å². The Morgan fingerprint density at radius 1 is 1.00 bits per heavy atom. The van der Waals surface area contributed by atoms with Crippen LogP contribution in [0.25, 0.3) is 0 Å². The second kappa shape index (κ2) is 8.10. The highest BCUT2D eigenvalue weighted by molar-refractivity contribution is 4.69. The molecule has 17 heavy (non-hydrogen) atoms. The highest BCUT2D eigenvalue weighted by atomic mass is 16.5. The van der Waals surface area contributed by atoms with E-state index < -0.39 is 0 Å². The van der Waals surface area contributed by atoms with Crippen LogP contribution in [0.3, 0.4) is 0 Å². The molecule has 1 N–H and O–H groups in total. The van der Waals surface area contributed by atoms with Crippen molar-refractivity contribution in [1.29, 1.82) is 0 Å². The fourth-order valence-corrected chi connectivity index (χ4v) is 2.34. The molecule has 0 amide bonds. The molecule has 0 aliphatic carbocycles. The molecule has 0 atom stereocenters. The second-order valence-electron chi connectivity index (χ2n) is 6.57. The first-order valence-electron chi connectivity index (χ1n) is 7.39. The summed E-state index contributed by atoms with van der Waals surface area (Å²) in [6.45, 7) is 10.1. The third kappa shape index (κ3) is 8.62. The molecule has 0 saturated carbocycles. The molecule has 0 radical (unpaired) electrons. The predicted molar refractivity (Wildman–Crippen MR) is 74.4 cm³/mol. The molecule has 1 saturated heterocycles. The molecule has 102 valence electrons. The monoisotopic (exact) mass is 241 g/mol. The van der Waals surface area contributed by atoms with Crippen LogP contribution in [-0.4, -0.2) is 25.8 Å². The van der Waals surface area contributed by atoms with Gasteiger partial charge in [-0.3, -0.25) is 0 Å². The predicted octanol–water partition coefficient (Wildman–Crippen LogP) is 3.75. The van der Waals surface area contributed by atoms with Gasteiger partial charge in [0.2, 0.25) is 0 Å². The average molecular weight is 241 g/mol. The van der Waals surface area contributed by atoms with Crippen molar-refractivity contribution in [2.75, 3.05) is 19.8 Å². The summed E-state index contributed by atoms with van der Waals surface area (Å²) in [5, 5.41) is 3.65. The summed E-state index contributed by atoms with van der Waals surface area (Å²) in [7, 11) is 0. The highest BCUT2D eigenvalue weighted by Crippen LogP contribution is 2.22. The van der Waals surface area contributed by atoms with Crippen LogP contribution >= 0.6 is 0 Å². The van der Waals surface area contributed by atoms with Gasteiger partial charge < -0.3 is 10.1 Å². The Morgan fingerprint density at radius 2 is 1.65 bits per heavy atom. The lowest BCUT2D eigenvalue weighted by atomic mass is 9.89. The summed E-state index contributed by atoms with van der Waals surface area (Å²) < 4.78 is 5.35. The van der Waals surface area contributed by atoms with Gasteiger partial charge in [-0.2, -0.15) is 0 Å². The molecule has 0 bridgehead atoms. The maximum absolute atomic E-state index is 5.35. The van der Waals surface area contributed by atoms with Crippen LogP contribution in [0.1, 0.15) is 65.7 Å². The van der Waals surface area contributed by atoms with Crippen molar-refractivity contribution < 1.29 is 4.74 Å². The number of rotatable bonds is 7. The molecule has 1 heterocycles. The molecule has 0 aromatic rings. The minimum atomic E-state index is 0.514. The largest absolute Gasteiger partial charge is 0.381 e. The Hall–Kier alpha value is -0.0800. The lowest BCUT2D eigenvalue weighted by Crippen LogP contribution is -2.35. The third-order valence-electron chi connectivity index (χ3n) is 3.51. The molecule has 0 aromatic heterocycles. The smallest absolute Gasteiger partial charge is 0.0480 e. The Bertz CT molecular complexity index is 180. The van der Waals surface area contributed by atoms with Crippen molar-refractivity contribution in [3.05, 3.63) is 0 Å². The SMILES string of the molecule is CC(C)(C)CCCCCCNC1CCOCC1. The van der Waals surface area contributed by atoms with E-state index in [4.69, 9.17) is 4.74 Å².